The number of carbonyl (C=O) groups excluding carboxylic acids is 4. The lowest BCUT2D eigenvalue weighted by atomic mass is 10.1. The molecule has 122 valence electrons. The van der Waals surface area contributed by atoms with E-state index in [-0.39, 0.29) is 27.2 Å². The Kier molecular flexibility index (Phi) is 10.2. The zero-order chi connectivity index (χ0) is 17.3. The summed E-state index contributed by atoms with van der Waals surface area (Å²) in [6.45, 7) is 2.70. The second-order valence-electron chi connectivity index (χ2n) is 4.53. The molecule has 0 aromatic rings. The average Bonchev–Trinajstić information content (AvgIpc) is 2.44. The molecule has 4 atom stereocenters. The van der Waals surface area contributed by atoms with Crippen molar-refractivity contribution in [3.63, 3.8) is 0 Å². The Hall–Kier alpha value is -1.04. The molecule has 0 heterocycles. The molecular weight excluding hydrogens is 327 g/mol. The number of likely N-dealkylation sites (N-methyl/N-ethyl adjacent to an activating group) is 1. The number of nitrogens with zero attached hydrogens (tertiary/aromatic N) is 1. The Morgan fingerprint density at radius 2 is 1.95 bits per heavy atom. The van der Waals surface area contributed by atoms with Gasteiger partial charge in [0.15, 0.2) is 13.8 Å². The van der Waals surface area contributed by atoms with Crippen molar-refractivity contribution in [2.45, 2.75) is 32.4 Å². The van der Waals surface area contributed by atoms with Crippen LogP contribution in [0.4, 0.5) is 0 Å². The first-order valence-corrected chi connectivity index (χ1v) is 9.11. The predicted octanol–water partition coefficient (Wildman–Crippen LogP) is -1.10. The van der Waals surface area contributed by atoms with Crippen LogP contribution in [0.15, 0.2) is 0 Å². The lowest BCUT2D eigenvalue weighted by Crippen LogP contribution is -2.53. The number of hydrogen-bond acceptors (Lipinski definition) is 6. The van der Waals surface area contributed by atoms with E-state index in [1.54, 1.807) is 6.92 Å². The fourth-order valence-corrected chi connectivity index (χ4v) is 2.13. The lowest BCUT2D eigenvalue weighted by Gasteiger charge is -2.27. The monoisotopic (exact) mass is 347 g/mol. The van der Waals surface area contributed by atoms with Crippen LogP contribution < -0.4 is 10.5 Å². The maximum Gasteiger partial charge on any atom is 0.311 e. The van der Waals surface area contributed by atoms with Crippen LogP contribution in [0, 0.1) is 0 Å². The van der Waals surface area contributed by atoms with Gasteiger partial charge in [-0.05, 0) is 13.8 Å². The Morgan fingerprint density at radius 1 is 1.36 bits per heavy atom. The molecule has 0 rings (SSSR count). The van der Waals surface area contributed by atoms with Crippen LogP contribution in [0.3, 0.4) is 0 Å². The first kappa shape index (κ1) is 21.0. The van der Waals surface area contributed by atoms with Gasteiger partial charge in [0.2, 0.25) is 11.8 Å². The molecule has 8 nitrogen and oxygen atoms in total. The molecule has 0 aromatic carbocycles. The van der Waals surface area contributed by atoms with Gasteiger partial charge in [0.1, 0.15) is 6.04 Å². The number of amides is 2. The van der Waals surface area contributed by atoms with Crippen molar-refractivity contribution >= 4 is 49.0 Å². The van der Waals surface area contributed by atoms with Crippen LogP contribution in [-0.2, 0) is 23.7 Å². The number of rotatable bonds is 9. The van der Waals surface area contributed by atoms with E-state index >= 15 is 0 Å². The number of carbonyl (C=O) groups is 4. The zero-order valence-electron chi connectivity index (χ0n) is 12.7. The van der Waals surface area contributed by atoms with Gasteiger partial charge in [-0.1, -0.05) is 8.93 Å². The summed E-state index contributed by atoms with van der Waals surface area (Å²) in [6, 6.07) is -1.79. The van der Waals surface area contributed by atoms with Crippen LogP contribution in [0.1, 0.15) is 20.3 Å². The first-order chi connectivity index (χ1) is 10.2. The molecule has 11 heteroatoms. The van der Waals surface area contributed by atoms with Gasteiger partial charge >= 0.3 is 5.97 Å². The molecule has 0 saturated carbocycles. The number of nitrogens with one attached hydrogen (secondary N) is 2. The van der Waals surface area contributed by atoms with E-state index in [0.29, 0.717) is 0 Å². The maximum absolute atomic E-state index is 12.4. The third-order valence-electron chi connectivity index (χ3n) is 2.96. The molecule has 0 saturated heterocycles. The van der Waals surface area contributed by atoms with Crippen molar-refractivity contribution in [2.24, 2.45) is 0 Å². The summed E-state index contributed by atoms with van der Waals surface area (Å²) in [6.07, 6.45) is -0.328. The van der Waals surface area contributed by atoms with Crippen LogP contribution in [0.25, 0.3) is 0 Å². The molecule has 0 aromatic heterocycles. The molecule has 0 aliphatic rings. The van der Waals surface area contributed by atoms with E-state index in [2.05, 4.69) is 19.5 Å². The standard InChI is InChI=1S/C11H20BN3O5P2/c1-6(7(2)16)15(3)11(19)8(4-10(18)20-22-21)14-9(17)5-13-12/h6,8,13,22H,4-5,21H2,1-3H3,(H,14,17). The van der Waals surface area contributed by atoms with E-state index in [1.165, 1.54) is 18.9 Å². The van der Waals surface area contributed by atoms with Crippen LogP contribution >= 0.6 is 17.4 Å². The summed E-state index contributed by atoms with van der Waals surface area (Å²) < 4.78 is 4.77. The molecule has 2 amide bonds. The molecule has 0 fully saturated rings. The molecule has 4 unspecified atom stereocenters. The molecule has 0 spiro atoms. The summed E-state index contributed by atoms with van der Waals surface area (Å²) >= 11 is 0. The quantitative estimate of drug-likeness (QED) is 0.405. The Bertz CT molecular complexity index is 418. The van der Waals surface area contributed by atoms with Gasteiger partial charge in [-0.25, -0.2) is 0 Å². The highest BCUT2D eigenvalue weighted by Gasteiger charge is 2.30. The molecule has 2 radical (unpaired) electrons. The summed E-state index contributed by atoms with van der Waals surface area (Å²) in [5.41, 5.74) is 0. The third-order valence-corrected chi connectivity index (χ3v) is 3.66. The zero-order valence-corrected chi connectivity index (χ0v) is 14.9. The van der Waals surface area contributed by atoms with E-state index in [4.69, 9.17) is 12.5 Å². The topological polar surface area (TPSA) is 105 Å². The summed E-state index contributed by atoms with van der Waals surface area (Å²) in [7, 11) is 8.56. The number of Topliss-reactive ketones (excluding diaryl/α,β-unsaturated/α-hetero) is 1. The van der Waals surface area contributed by atoms with Crippen LogP contribution in [0.5, 0.6) is 0 Å². The van der Waals surface area contributed by atoms with Gasteiger partial charge < -0.3 is 20.0 Å². The maximum atomic E-state index is 12.4. The molecule has 0 aliphatic heterocycles. The van der Waals surface area contributed by atoms with Gasteiger partial charge in [0, 0.05) is 7.05 Å². The van der Waals surface area contributed by atoms with E-state index in [9.17, 15) is 19.2 Å². The summed E-state index contributed by atoms with van der Waals surface area (Å²) in [4.78, 5) is 48.0. The molecular formula is C11H20BN3O5P2. The minimum atomic E-state index is -1.12. The average molecular weight is 347 g/mol. The van der Waals surface area contributed by atoms with Crippen molar-refractivity contribution in [1.82, 2.24) is 15.4 Å². The Balaban J connectivity index is 5.02. The number of hydrogen-bond donors (Lipinski definition) is 2. The third kappa shape index (κ3) is 7.30. The highest BCUT2D eigenvalue weighted by Crippen LogP contribution is 2.22. The van der Waals surface area contributed by atoms with Gasteiger partial charge in [-0.2, -0.15) is 0 Å². The van der Waals surface area contributed by atoms with Crippen molar-refractivity contribution in [3.8, 4) is 0 Å². The molecule has 22 heavy (non-hydrogen) atoms. The van der Waals surface area contributed by atoms with Gasteiger partial charge in [-0.3, -0.25) is 19.2 Å². The minimum Gasteiger partial charge on any atom is -0.444 e. The fourth-order valence-electron chi connectivity index (χ4n) is 1.52. The highest BCUT2D eigenvalue weighted by molar-refractivity contribution is 8.00. The van der Waals surface area contributed by atoms with Crippen LogP contribution in [0.2, 0.25) is 0 Å². The lowest BCUT2D eigenvalue weighted by molar-refractivity contribution is -0.143. The predicted molar refractivity (Wildman–Crippen MR) is 87.3 cm³/mol. The number of ketones is 1. The summed E-state index contributed by atoms with van der Waals surface area (Å²) in [5.74, 6) is -1.95. The Labute approximate surface area is 134 Å². The van der Waals surface area contributed by atoms with Crippen molar-refractivity contribution in [2.75, 3.05) is 13.6 Å². The van der Waals surface area contributed by atoms with E-state index in [1.807, 2.05) is 0 Å². The van der Waals surface area contributed by atoms with Gasteiger partial charge in [0.05, 0.1) is 27.5 Å². The molecule has 0 bridgehead atoms. The van der Waals surface area contributed by atoms with Gasteiger partial charge in [0.25, 0.3) is 0 Å². The molecule has 0 aliphatic carbocycles. The Morgan fingerprint density at radius 3 is 2.41 bits per heavy atom. The van der Waals surface area contributed by atoms with Crippen LogP contribution in [-0.4, -0.2) is 62.1 Å². The smallest absolute Gasteiger partial charge is 0.311 e. The SMILES string of the molecule is [B]NCC(=O)NC(CC(=O)OPP)C(=O)N(C)C(C)C(C)=O. The normalized spacial score (nSPS) is 13.5. The van der Waals surface area contributed by atoms with E-state index < -0.39 is 29.9 Å². The second kappa shape index (κ2) is 10.7. The second-order valence-corrected chi connectivity index (χ2v) is 5.68. The van der Waals surface area contributed by atoms with E-state index in [0.717, 1.165) is 0 Å². The summed E-state index contributed by atoms with van der Waals surface area (Å²) in [5, 5.41) is 4.54. The van der Waals surface area contributed by atoms with Gasteiger partial charge in [-0.15, -0.1) is 0 Å². The van der Waals surface area contributed by atoms with Crippen molar-refractivity contribution < 1.29 is 23.7 Å². The first-order valence-electron chi connectivity index (χ1n) is 6.39. The highest BCUT2D eigenvalue weighted by atomic mass is 32.0. The van der Waals surface area contributed by atoms with Crippen molar-refractivity contribution in [3.05, 3.63) is 0 Å². The minimum absolute atomic E-state index is 0.144. The fraction of sp³-hybridized carbons (Fsp3) is 0.636. The van der Waals surface area contributed by atoms with Crippen molar-refractivity contribution in [1.29, 1.82) is 0 Å². The molecule has 2 N–H and O–H groups in total. The largest absolute Gasteiger partial charge is 0.444 e.